The molecule has 1 N–H and O–H groups in total. The lowest BCUT2D eigenvalue weighted by molar-refractivity contribution is 0.146. The molecule has 6 heteroatoms. The van der Waals surface area contributed by atoms with Gasteiger partial charge in [0.1, 0.15) is 5.37 Å². The summed E-state index contributed by atoms with van der Waals surface area (Å²) in [5, 5.41) is 3.15. The van der Waals surface area contributed by atoms with Crippen LogP contribution in [0.15, 0.2) is 0 Å². The van der Waals surface area contributed by atoms with Gasteiger partial charge in [-0.1, -0.05) is 6.92 Å². The molecule has 1 saturated carbocycles. The Morgan fingerprint density at radius 2 is 2.10 bits per heavy atom. The summed E-state index contributed by atoms with van der Waals surface area (Å²) in [6.07, 6.45) is 5.10. The molecule has 1 aliphatic carbocycles. The molecule has 4 nitrogen and oxygen atoms in total. The van der Waals surface area contributed by atoms with Crippen molar-refractivity contribution in [3.63, 3.8) is 0 Å². The first-order valence-corrected chi connectivity index (χ1v) is 10.7. The Morgan fingerprint density at radius 1 is 1.35 bits per heavy atom. The Kier molecular flexibility index (Phi) is 5.79. The summed E-state index contributed by atoms with van der Waals surface area (Å²) in [6, 6.07) is 0.543. The average molecular weight is 321 g/mol. The van der Waals surface area contributed by atoms with E-state index in [1.807, 2.05) is 7.05 Å². The summed E-state index contributed by atoms with van der Waals surface area (Å²) in [4.78, 5) is 2.22. The molecule has 0 aromatic carbocycles. The molecule has 0 radical (unpaired) electrons. The number of hydrogen-bond acceptors (Lipinski definition) is 5. The molecule has 1 heterocycles. The van der Waals surface area contributed by atoms with Crippen molar-refractivity contribution in [3.8, 4) is 0 Å². The highest BCUT2D eigenvalue weighted by Gasteiger charge is 2.35. The molecule has 2 aliphatic rings. The largest absolute Gasteiger partial charge is 0.317 e. The van der Waals surface area contributed by atoms with E-state index in [4.69, 9.17) is 0 Å². The normalized spacial score (nSPS) is 37.0. The van der Waals surface area contributed by atoms with Crippen molar-refractivity contribution in [2.45, 2.75) is 37.6 Å². The van der Waals surface area contributed by atoms with Crippen molar-refractivity contribution in [3.05, 3.63) is 0 Å². The smallest absolute Gasteiger partial charge is 0.164 e. The molecule has 1 aliphatic heterocycles. The molecule has 2 fully saturated rings. The molecule has 0 amide bonds. The predicted octanol–water partition coefficient (Wildman–Crippen LogP) is 1.43. The van der Waals surface area contributed by atoms with Gasteiger partial charge in [0, 0.05) is 36.9 Å². The molecule has 118 valence electrons. The van der Waals surface area contributed by atoms with Crippen LogP contribution >= 0.6 is 11.8 Å². The molecule has 0 aromatic rings. The van der Waals surface area contributed by atoms with Crippen molar-refractivity contribution < 1.29 is 8.42 Å². The zero-order valence-electron chi connectivity index (χ0n) is 12.8. The summed E-state index contributed by atoms with van der Waals surface area (Å²) in [7, 11) is -0.943. The topological polar surface area (TPSA) is 49.4 Å². The van der Waals surface area contributed by atoms with E-state index in [-0.39, 0.29) is 5.37 Å². The van der Waals surface area contributed by atoms with E-state index in [0.29, 0.717) is 12.0 Å². The fourth-order valence-corrected chi connectivity index (χ4v) is 6.55. The third kappa shape index (κ3) is 4.12. The minimum atomic E-state index is -2.98. The second-order valence-electron chi connectivity index (χ2n) is 6.43. The van der Waals surface area contributed by atoms with Crippen molar-refractivity contribution in [1.82, 2.24) is 10.2 Å². The van der Waals surface area contributed by atoms with Gasteiger partial charge >= 0.3 is 0 Å². The van der Waals surface area contributed by atoms with Crippen LogP contribution in [0.5, 0.6) is 0 Å². The van der Waals surface area contributed by atoms with Crippen molar-refractivity contribution >= 4 is 21.6 Å². The maximum atomic E-state index is 12.0. The van der Waals surface area contributed by atoms with E-state index in [0.717, 1.165) is 30.5 Å². The highest BCUT2D eigenvalue weighted by molar-refractivity contribution is 8.00. The van der Waals surface area contributed by atoms with Crippen molar-refractivity contribution in [1.29, 1.82) is 0 Å². The van der Waals surface area contributed by atoms with Gasteiger partial charge < -0.3 is 5.32 Å². The number of nitrogens with zero attached hydrogens (tertiary/aromatic N) is 1. The Hall–Kier alpha value is 0.220. The predicted molar refractivity (Wildman–Crippen MR) is 86.9 cm³/mol. The monoisotopic (exact) mass is 320 g/mol. The van der Waals surface area contributed by atoms with Gasteiger partial charge in [0.15, 0.2) is 9.84 Å². The van der Waals surface area contributed by atoms with Gasteiger partial charge in [-0.15, -0.1) is 0 Å². The van der Waals surface area contributed by atoms with E-state index in [1.54, 1.807) is 11.8 Å². The summed E-state index contributed by atoms with van der Waals surface area (Å²) in [5.74, 6) is 3.13. The third-order valence-corrected chi connectivity index (χ3v) is 7.46. The fraction of sp³-hybridized carbons (Fsp3) is 1.00. The van der Waals surface area contributed by atoms with Crippen LogP contribution in [0.4, 0.5) is 0 Å². The van der Waals surface area contributed by atoms with Gasteiger partial charge in [-0.2, -0.15) is 11.8 Å². The van der Waals surface area contributed by atoms with Crippen LogP contribution in [0, 0.1) is 11.8 Å². The Labute approximate surface area is 128 Å². The maximum Gasteiger partial charge on any atom is 0.164 e. The molecular weight excluding hydrogens is 292 g/mol. The maximum absolute atomic E-state index is 12.0. The number of nitrogens with one attached hydrogen (secondary N) is 1. The molecule has 2 rings (SSSR count). The first-order valence-electron chi connectivity index (χ1n) is 7.59. The Bertz CT molecular complexity index is 413. The van der Waals surface area contributed by atoms with Crippen LogP contribution < -0.4 is 5.32 Å². The highest BCUT2D eigenvalue weighted by Crippen LogP contribution is 2.31. The standard InChI is InChI=1S/C14H28N2O2S2/c1-11-4-5-13(15-2)12(8-11)9-16-6-7-19-10-14(16)20(3,17)18/h11-15H,4-10H2,1-3H3. The van der Waals surface area contributed by atoms with Crippen molar-refractivity contribution in [2.75, 3.05) is 37.9 Å². The van der Waals surface area contributed by atoms with Gasteiger partial charge in [-0.25, -0.2) is 8.42 Å². The number of rotatable bonds is 4. The lowest BCUT2D eigenvalue weighted by atomic mass is 9.78. The number of sulfone groups is 1. The molecule has 0 aromatic heterocycles. The average Bonchev–Trinajstić information content (AvgIpc) is 2.38. The first-order chi connectivity index (χ1) is 9.41. The number of hydrogen-bond donors (Lipinski definition) is 1. The molecule has 0 bridgehead atoms. The van der Waals surface area contributed by atoms with Gasteiger partial charge in [-0.05, 0) is 38.1 Å². The molecule has 4 atom stereocenters. The van der Waals surface area contributed by atoms with Crippen LogP contribution in [-0.2, 0) is 9.84 Å². The minimum absolute atomic E-state index is 0.281. The minimum Gasteiger partial charge on any atom is -0.317 e. The Morgan fingerprint density at radius 3 is 2.75 bits per heavy atom. The molecule has 1 saturated heterocycles. The van der Waals surface area contributed by atoms with E-state index < -0.39 is 9.84 Å². The van der Waals surface area contributed by atoms with Gasteiger partial charge in [-0.3, -0.25) is 4.90 Å². The summed E-state index contributed by atoms with van der Waals surface area (Å²) in [5.41, 5.74) is 0. The van der Waals surface area contributed by atoms with Crippen LogP contribution in [0.3, 0.4) is 0 Å². The van der Waals surface area contributed by atoms with Crippen LogP contribution in [0.2, 0.25) is 0 Å². The quantitative estimate of drug-likeness (QED) is 0.849. The van der Waals surface area contributed by atoms with Gasteiger partial charge in [0.2, 0.25) is 0 Å². The van der Waals surface area contributed by atoms with Crippen molar-refractivity contribution in [2.24, 2.45) is 11.8 Å². The van der Waals surface area contributed by atoms with Crippen LogP contribution in [0.1, 0.15) is 26.2 Å². The Balaban J connectivity index is 2.05. The second-order valence-corrected chi connectivity index (χ2v) is 9.78. The van der Waals surface area contributed by atoms with E-state index in [9.17, 15) is 8.42 Å². The zero-order chi connectivity index (χ0) is 14.8. The first kappa shape index (κ1) is 16.6. The van der Waals surface area contributed by atoms with Crippen LogP contribution in [0.25, 0.3) is 0 Å². The van der Waals surface area contributed by atoms with E-state index >= 15 is 0 Å². The summed E-state index contributed by atoms with van der Waals surface area (Å²) < 4.78 is 24.0. The summed E-state index contributed by atoms with van der Waals surface area (Å²) >= 11 is 1.77. The zero-order valence-corrected chi connectivity index (χ0v) is 14.5. The van der Waals surface area contributed by atoms with Gasteiger partial charge in [0.05, 0.1) is 0 Å². The number of thioether (sulfide) groups is 1. The molecular formula is C14H28N2O2S2. The second kappa shape index (κ2) is 6.99. The van der Waals surface area contributed by atoms with E-state index in [1.165, 1.54) is 25.5 Å². The van der Waals surface area contributed by atoms with Gasteiger partial charge in [0.25, 0.3) is 0 Å². The van der Waals surface area contributed by atoms with E-state index in [2.05, 4.69) is 17.1 Å². The molecule has 0 spiro atoms. The lowest BCUT2D eigenvalue weighted by Crippen LogP contribution is -2.52. The lowest BCUT2D eigenvalue weighted by Gasteiger charge is -2.41. The molecule has 4 unspecified atom stereocenters. The highest BCUT2D eigenvalue weighted by atomic mass is 32.2. The SMILES string of the molecule is CNC1CCC(C)CC1CN1CCSCC1S(C)(=O)=O. The fourth-order valence-electron chi connectivity index (χ4n) is 3.60. The van der Waals surface area contributed by atoms with Crippen LogP contribution in [-0.4, -0.2) is 62.6 Å². The summed E-state index contributed by atoms with van der Waals surface area (Å²) in [6.45, 7) is 4.15. The molecule has 20 heavy (non-hydrogen) atoms. The third-order valence-electron chi connectivity index (χ3n) is 4.77.